The minimum atomic E-state index is -3.54. The molecule has 29 heavy (non-hydrogen) atoms. The highest BCUT2D eigenvalue weighted by atomic mass is 32.2. The van der Waals surface area contributed by atoms with E-state index in [0.29, 0.717) is 23.7 Å². The van der Waals surface area contributed by atoms with Gasteiger partial charge in [-0.25, -0.2) is 18.2 Å². The molecule has 4 rings (SSSR count). The zero-order valence-electron chi connectivity index (χ0n) is 15.5. The van der Waals surface area contributed by atoms with Gasteiger partial charge in [0.1, 0.15) is 6.61 Å². The summed E-state index contributed by atoms with van der Waals surface area (Å²) in [5, 5.41) is 1.75. The number of nitrogens with zero attached hydrogens (tertiary/aromatic N) is 3. The van der Waals surface area contributed by atoms with Crippen LogP contribution < -0.4 is 5.56 Å². The first-order valence-corrected chi connectivity index (χ1v) is 11.5. The van der Waals surface area contributed by atoms with Crippen molar-refractivity contribution in [2.45, 2.75) is 30.8 Å². The molecular weight excluding hydrogens is 414 g/mol. The normalized spacial score (nSPS) is 15.4. The van der Waals surface area contributed by atoms with Gasteiger partial charge >= 0.3 is 5.97 Å². The summed E-state index contributed by atoms with van der Waals surface area (Å²) in [5.41, 5.74) is 0.348. The minimum Gasteiger partial charge on any atom is -0.456 e. The van der Waals surface area contributed by atoms with Gasteiger partial charge < -0.3 is 4.74 Å². The van der Waals surface area contributed by atoms with Crippen LogP contribution in [-0.2, 0) is 21.4 Å². The predicted molar refractivity (Wildman–Crippen MR) is 108 cm³/mol. The van der Waals surface area contributed by atoms with E-state index in [1.807, 2.05) is 0 Å². The highest BCUT2D eigenvalue weighted by Gasteiger charge is 2.26. The van der Waals surface area contributed by atoms with E-state index in [1.54, 1.807) is 11.6 Å². The summed E-state index contributed by atoms with van der Waals surface area (Å²) in [6.45, 7) is 0.900. The Morgan fingerprint density at radius 2 is 1.86 bits per heavy atom. The standard InChI is InChI=1S/C19H19N3O5S2/c23-17-12-15(20-19-22(17)10-11-28-19)13-27-18(24)14-4-6-16(7-5-14)29(25,26)21-8-2-1-3-9-21/h4-7,10-12H,1-3,8-9,13H2. The Hall–Kier alpha value is -2.56. The van der Waals surface area contributed by atoms with Crippen molar-refractivity contribution in [3.05, 3.63) is 63.5 Å². The number of rotatable bonds is 5. The van der Waals surface area contributed by atoms with Crippen LogP contribution in [0.1, 0.15) is 35.3 Å². The van der Waals surface area contributed by atoms with Crippen LogP contribution in [0, 0.1) is 0 Å². The molecule has 1 fully saturated rings. The monoisotopic (exact) mass is 433 g/mol. The lowest BCUT2D eigenvalue weighted by Crippen LogP contribution is -2.35. The molecular formula is C19H19N3O5S2. The second-order valence-corrected chi connectivity index (χ2v) is 9.52. The molecule has 0 saturated carbocycles. The van der Waals surface area contributed by atoms with E-state index in [1.165, 1.54) is 50.4 Å². The van der Waals surface area contributed by atoms with Crippen molar-refractivity contribution >= 4 is 32.3 Å². The quantitative estimate of drug-likeness (QED) is 0.573. The van der Waals surface area contributed by atoms with Gasteiger partial charge in [0.25, 0.3) is 5.56 Å². The van der Waals surface area contributed by atoms with Gasteiger partial charge in [0.05, 0.1) is 16.2 Å². The molecule has 0 N–H and O–H groups in total. The summed E-state index contributed by atoms with van der Waals surface area (Å²) in [6.07, 6.45) is 4.39. The molecule has 0 radical (unpaired) electrons. The number of ether oxygens (including phenoxy) is 1. The number of sulfonamides is 1. The van der Waals surface area contributed by atoms with Crippen molar-refractivity contribution in [3.8, 4) is 0 Å². The molecule has 1 aromatic carbocycles. The number of aromatic nitrogens is 2. The second kappa shape index (κ2) is 8.05. The zero-order valence-corrected chi connectivity index (χ0v) is 17.1. The SMILES string of the molecule is O=C(OCc1cc(=O)n2ccsc2n1)c1ccc(S(=O)(=O)N2CCCCC2)cc1. The van der Waals surface area contributed by atoms with E-state index in [4.69, 9.17) is 4.74 Å². The average molecular weight is 434 g/mol. The molecule has 3 aromatic rings. The molecule has 0 amide bonds. The summed E-state index contributed by atoms with van der Waals surface area (Å²) >= 11 is 1.31. The molecule has 0 spiro atoms. The van der Waals surface area contributed by atoms with Gasteiger partial charge in [0.15, 0.2) is 4.96 Å². The number of piperidine rings is 1. The fourth-order valence-corrected chi connectivity index (χ4v) is 5.46. The fraction of sp³-hybridized carbons (Fsp3) is 0.316. The number of hydrogen-bond acceptors (Lipinski definition) is 7. The number of carbonyl (C=O) groups excluding carboxylic acids is 1. The minimum absolute atomic E-state index is 0.143. The van der Waals surface area contributed by atoms with Gasteiger partial charge in [-0.1, -0.05) is 6.42 Å². The first kappa shape index (κ1) is 19.7. The number of hydrogen-bond donors (Lipinski definition) is 0. The molecule has 2 aromatic heterocycles. The van der Waals surface area contributed by atoms with E-state index in [9.17, 15) is 18.0 Å². The van der Waals surface area contributed by atoms with Gasteiger partial charge in [-0.15, -0.1) is 11.3 Å². The summed E-state index contributed by atoms with van der Waals surface area (Å²) in [4.78, 5) is 29.2. The van der Waals surface area contributed by atoms with Crippen LogP contribution >= 0.6 is 11.3 Å². The van der Waals surface area contributed by atoms with Crippen LogP contribution in [0.25, 0.3) is 4.96 Å². The van der Waals surface area contributed by atoms with Crippen LogP contribution in [0.15, 0.2) is 51.6 Å². The number of benzene rings is 1. The molecule has 0 atom stereocenters. The first-order chi connectivity index (χ1) is 13.9. The highest BCUT2D eigenvalue weighted by Crippen LogP contribution is 2.21. The maximum absolute atomic E-state index is 12.7. The first-order valence-electron chi connectivity index (χ1n) is 9.18. The van der Waals surface area contributed by atoms with E-state index >= 15 is 0 Å². The fourth-order valence-electron chi connectivity index (χ4n) is 3.20. The van der Waals surface area contributed by atoms with Crippen molar-refractivity contribution in [3.63, 3.8) is 0 Å². The third-order valence-electron chi connectivity index (χ3n) is 4.75. The molecule has 1 aliphatic heterocycles. The lowest BCUT2D eigenvalue weighted by atomic mass is 10.2. The van der Waals surface area contributed by atoms with Gasteiger partial charge in [-0.05, 0) is 37.1 Å². The second-order valence-electron chi connectivity index (χ2n) is 6.71. The molecule has 1 saturated heterocycles. The van der Waals surface area contributed by atoms with E-state index in [-0.39, 0.29) is 22.6 Å². The van der Waals surface area contributed by atoms with Crippen molar-refractivity contribution in [1.29, 1.82) is 0 Å². The van der Waals surface area contributed by atoms with Crippen LogP contribution in [0.3, 0.4) is 0 Å². The van der Waals surface area contributed by atoms with Crippen molar-refractivity contribution < 1.29 is 17.9 Å². The summed E-state index contributed by atoms with van der Waals surface area (Å²) in [5.74, 6) is -0.611. The van der Waals surface area contributed by atoms with Gasteiger partial charge in [0, 0.05) is 30.7 Å². The molecule has 0 unspecified atom stereocenters. The summed E-state index contributed by atoms with van der Waals surface area (Å²) in [7, 11) is -3.54. The molecule has 10 heteroatoms. The van der Waals surface area contributed by atoms with Gasteiger partial charge in [-0.2, -0.15) is 4.31 Å². The topological polar surface area (TPSA) is 98.0 Å². The Kier molecular flexibility index (Phi) is 5.48. The van der Waals surface area contributed by atoms with Crippen LogP contribution in [0.4, 0.5) is 0 Å². The van der Waals surface area contributed by atoms with E-state index in [2.05, 4.69) is 4.98 Å². The van der Waals surface area contributed by atoms with Crippen molar-refractivity contribution in [2.24, 2.45) is 0 Å². The Morgan fingerprint density at radius 3 is 2.59 bits per heavy atom. The number of fused-ring (bicyclic) bond motifs is 1. The number of thiazole rings is 1. The number of carbonyl (C=O) groups is 1. The highest BCUT2D eigenvalue weighted by molar-refractivity contribution is 7.89. The Labute approximate surface area is 171 Å². The predicted octanol–water partition coefficient (Wildman–Crippen LogP) is 2.29. The van der Waals surface area contributed by atoms with Crippen molar-refractivity contribution in [2.75, 3.05) is 13.1 Å². The maximum atomic E-state index is 12.7. The Morgan fingerprint density at radius 1 is 1.14 bits per heavy atom. The largest absolute Gasteiger partial charge is 0.456 e. The van der Waals surface area contributed by atoms with Crippen LogP contribution in [0.2, 0.25) is 0 Å². The Balaban J connectivity index is 1.44. The Bertz CT molecular complexity index is 1190. The third kappa shape index (κ3) is 4.09. The smallest absolute Gasteiger partial charge is 0.338 e. The van der Waals surface area contributed by atoms with Gasteiger partial charge in [-0.3, -0.25) is 9.20 Å². The molecule has 3 heterocycles. The van der Waals surface area contributed by atoms with Crippen LogP contribution in [-0.4, -0.2) is 41.2 Å². The number of esters is 1. The molecule has 0 aliphatic carbocycles. The summed E-state index contributed by atoms with van der Waals surface area (Å²) < 4.78 is 33.5. The molecule has 1 aliphatic rings. The third-order valence-corrected chi connectivity index (χ3v) is 7.42. The zero-order chi connectivity index (χ0) is 20.4. The van der Waals surface area contributed by atoms with E-state index < -0.39 is 16.0 Å². The molecule has 152 valence electrons. The maximum Gasteiger partial charge on any atom is 0.338 e. The lowest BCUT2D eigenvalue weighted by Gasteiger charge is -2.25. The van der Waals surface area contributed by atoms with E-state index in [0.717, 1.165) is 19.3 Å². The van der Waals surface area contributed by atoms with Crippen molar-refractivity contribution in [1.82, 2.24) is 13.7 Å². The van der Waals surface area contributed by atoms with Gasteiger partial charge in [0.2, 0.25) is 10.0 Å². The molecule has 8 nitrogen and oxygen atoms in total. The lowest BCUT2D eigenvalue weighted by molar-refractivity contribution is 0.0467. The van der Waals surface area contributed by atoms with Crippen LogP contribution in [0.5, 0.6) is 0 Å². The average Bonchev–Trinajstić information content (AvgIpc) is 3.22. The molecule has 0 bridgehead atoms. The summed E-state index contributed by atoms with van der Waals surface area (Å²) in [6, 6.07) is 7.03.